The molecule has 0 unspecified atom stereocenters. The largest absolute Gasteiger partial charge is 0.415 e. The van der Waals surface area contributed by atoms with Gasteiger partial charge in [-0.25, -0.2) is 14.4 Å². The maximum absolute atomic E-state index is 14.3. The highest BCUT2D eigenvalue weighted by Gasteiger charge is 2.47. The molecule has 1 aliphatic carbocycles. The van der Waals surface area contributed by atoms with Crippen LogP contribution in [-0.4, -0.2) is 20.2 Å². The van der Waals surface area contributed by atoms with Crippen molar-refractivity contribution >= 4 is 29.2 Å². The number of nitrogens with one attached hydrogen (secondary N) is 1. The number of alkyl halides is 2. The summed E-state index contributed by atoms with van der Waals surface area (Å²) < 4.78 is 44.2. The molecule has 0 saturated heterocycles. The monoisotopic (exact) mass is 415 g/mol. The van der Waals surface area contributed by atoms with Gasteiger partial charge in [0.15, 0.2) is 0 Å². The molecule has 27 heavy (non-hydrogen) atoms. The number of hydrogen-bond acceptors (Lipinski definition) is 6. The van der Waals surface area contributed by atoms with Crippen LogP contribution in [0, 0.1) is 5.82 Å². The van der Waals surface area contributed by atoms with Crippen LogP contribution in [0.25, 0.3) is 11.5 Å². The first kappa shape index (κ1) is 18.0. The molecule has 0 atom stereocenters. The number of anilines is 1. The number of rotatable bonds is 5. The minimum atomic E-state index is -2.86. The van der Waals surface area contributed by atoms with E-state index in [1.807, 2.05) is 0 Å². The van der Waals surface area contributed by atoms with Gasteiger partial charge in [-0.1, -0.05) is 23.2 Å². The SMILES string of the molecule is Fc1cc(Cl)c(Cl)cc1C1(Nc2ncc(-c3nnc(C(F)F)o3)cn2)CC1. The summed E-state index contributed by atoms with van der Waals surface area (Å²) in [6, 6.07) is 2.65. The van der Waals surface area contributed by atoms with E-state index >= 15 is 0 Å². The molecule has 140 valence electrons. The summed E-state index contributed by atoms with van der Waals surface area (Å²) in [5.74, 6) is -1.14. The fraction of sp³-hybridized carbons (Fsp3) is 0.250. The lowest BCUT2D eigenvalue weighted by Gasteiger charge is -2.19. The molecule has 3 aromatic rings. The van der Waals surface area contributed by atoms with Crippen LogP contribution in [0.3, 0.4) is 0 Å². The van der Waals surface area contributed by atoms with Crippen LogP contribution in [0.15, 0.2) is 28.9 Å². The van der Waals surface area contributed by atoms with Crippen molar-refractivity contribution in [3.05, 3.63) is 51.8 Å². The third kappa shape index (κ3) is 3.44. The van der Waals surface area contributed by atoms with Crippen molar-refractivity contribution in [2.45, 2.75) is 24.8 Å². The highest BCUT2D eigenvalue weighted by atomic mass is 35.5. The Morgan fingerprint density at radius 3 is 2.33 bits per heavy atom. The molecule has 1 aliphatic rings. The topological polar surface area (TPSA) is 76.7 Å². The number of halogens is 5. The molecule has 0 radical (unpaired) electrons. The van der Waals surface area contributed by atoms with Crippen LogP contribution >= 0.6 is 23.2 Å². The first-order valence-corrected chi connectivity index (χ1v) is 8.51. The molecule has 1 N–H and O–H groups in total. The van der Waals surface area contributed by atoms with E-state index in [1.165, 1.54) is 24.5 Å². The Balaban J connectivity index is 1.56. The van der Waals surface area contributed by atoms with E-state index < -0.39 is 23.7 Å². The maximum atomic E-state index is 14.3. The lowest BCUT2D eigenvalue weighted by Crippen LogP contribution is -2.22. The number of benzene rings is 1. The highest BCUT2D eigenvalue weighted by Crippen LogP contribution is 2.49. The van der Waals surface area contributed by atoms with Gasteiger partial charge in [0.25, 0.3) is 11.8 Å². The van der Waals surface area contributed by atoms with Crippen LogP contribution in [0.4, 0.5) is 19.1 Å². The van der Waals surface area contributed by atoms with Gasteiger partial charge in [-0.05, 0) is 25.0 Å². The summed E-state index contributed by atoms with van der Waals surface area (Å²) >= 11 is 11.8. The standard InChI is InChI=1S/C16H10Cl2F3N5O/c17-9-3-8(11(19)4-10(9)18)16(1-2-16)24-15-22-5-7(6-23-15)13-25-26-14(27-13)12(20)21/h3-6,12H,1-2H2,(H,22,23,24). The van der Waals surface area contributed by atoms with E-state index in [1.54, 1.807) is 0 Å². The van der Waals surface area contributed by atoms with Crippen molar-refractivity contribution in [3.8, 4) is 11.5 Å². The minimum absolute atomic E-state index is 0.117. The molecule has 0 bridgehead atoms. The summed E-state index contributed by atoms with van der Waals surface area (Å²) in [7, 11) is 0. The molecule has 11 heteroatoms. The van der Waals surface area contributed by atoms with Crippen LogP contribution in [0.1, 0.15) is 30.7 Å². The molecule has 2 aromatic heterocycles. The molecular formula is C16H10Cl2F3N5O. The van der Waals surface area contributed by atoms with E-state index in [2.05, 4.69) is 25.5 Å². The second-order valence-corrected chi connectivity index (χ2v) is 6.81. The predicted octanol–water partition coefficient (Wildman–Crippen LogP) is 5.01. The van der Waals surface area contributed by atoms with Gasteiger partial charge < -0.3 is 9.73 Å². The first-order valence-electron chi connectivity index (χ1n) is 7.75. The molecular weight excluding hydrogens is 406 g/mol. The van der Waals surface area contributed by atoms with Gasteiger partial charge in [0, 0.05) is 18.0 Å². The summed E-state index contributed by atoms with van der Waals surface area (Å²) in [5, 5.41) is 10.2. The van der Waals surface area contributed by atoms with Gasteiger partial charge in [-0.15, -0.1) is 10.2 Å². The molecule has 6 nitrogen and oxygen atoms in total. The maximum Gasteiger partial charge on any atom is 0.314 e. The third-order valence-corrected chi connectivity index (χ3v) is 4.87. The molecule has 2 heterocycles. The van der Waals surface area contributed by atoms with Gasteiger partial charge in [0.1, 0.15) is 5.82 Å². The molecule has 4 rings (SSSR count). The minimum Gasteiger partial charge on any atom is -0.415 e. The zero-order chi connectivity index (χ0) is 19.2. The van der Waals surface area contributed by atoms with Crippen molar-refractivity contribution in [1.29, 1.82) is 0 Å². The summed E-state index contributed by atoms with van der Waals surface area (Å²) in [4.78, 5) is 8.22. The predicted molar refractivity (Wildman–Crippen MR) is 91.2 cm³/mol. The quantitative estimate of drug-likeness (QED) is 0.590. The fourth-order valence-corrected chi connectivity index (χ4v) is 2.95. The normalized spacial score (nSPS) is 15.2. The Kier molecular flexibility index (Phi) is 4.43. The number of nitrogens with zero attached hydrogens (tertiary/aromatic N) is 4. The second kappa shape index (κ2) is 6.65. The lowest BCUT2D eigenvalue weighted by atomic mass is 10.0. The molecule has 1 fully saturated rings. The van der Waals surface area contributed by atoms with Gasteiger partial charge in [0.05, 0.1) is 21.1 Å². The van der Waals surface area contributed by atoms with Crippen molar-refractivity contribution in [2.24, 2.45) is 0 Å². The highest BCUT2D eigenvalue weighted by molar-refractivity contribution is 6.42. The van der Waals surface area contributed by atoms with Crippen LogP contribution in [0.5, 0.6) is 0 Å². The van der Waals surface area contributed by atoms with E-state index in [9.17, 15) is 13.2 Å². The zero-order valence-electron chi connectivity index (χ0n) is 13.4. The average molecular weight is 416 g/mol. The smallest absolute Gasteiger partial charge is 0.314 e. The van der Waals surface area contributed by atoms with E-state index in [-0.39, 0.29) is 27.4 Å². The summed E-state index contributed by atoms with van der Waals surface area (Å²) in [6.45, 7) is 0. The number of aromatic nitrogens is 4. The Labute approximate surface area is 160 Å². The van der Waals surface area contributed by atoms with Crippen molar-refractivity contribution in [1.82, 2.24) is 20.2 Å². The number of hydrogen-bond donors (Lipinski definition) is 1. The molecule has 0 aliphatic heterocycles. The molecule has 0 spiro atoms. The zero-order valence-corrected chi connectivity index (χ0v) is 14.9. The Morgan fingerprint density at radius 2 is 1.74 bits per heavy atom. The van der Waals surface area contributed by atoms with Crippen LogP contribution < -0.4 is 5.32 Å². The van der Waals surface area contributed by atoms with Gasteiger partial charge >= 0.3 is 6.43 Å². The summed E-state index contributed by atoms with van der Waals surface area (Å²) in [6.07, 6.45) is 1.16. The Morgan fingerprint density at radius 1 is 1.07 bits per heavy atom. The molecule has 1 saturated carbocycles. The van der Waals surface area contributed by atoms with E-state index in [4.69, 9.17) is 27.6 Å². The van der Waals surface area contributed by atoms with E-state index in [0.29, 0.717) is 18.4 Å². The van der Waals surface area contributed by atoms with Gasteiger partial charge in [-0.2, -0.15) is 8.78 Å². The molecule has 0 amide bonds. The van der Waals surface area contributed by atoms with Gasteiger partial charge in [0.2, 0.25) is 5.95 Å². The Bertz CT molecular complexity index is 992. The second-order valence-electron chi connectivity index (χ2n) is 5.99. The van der Waals surface area contributed by atoms with Crippen molar-refractivity contribution in [3.63, 3.8) is 0 Å². The Hall–Kier alpha value is -2.39. The van der Waals surface area contributed by atoms with Gasteiger partial charge in [-0.3, -0.25) is 0 Å². The fourth-order valence-electron chi connectivity index (χ4n) is 2.63. The summed E-state index contributed by atoms with van der Waals surface area (Å²) in [5.41, 5.74) is -0.0127. The van der Waals surface area contributed by atoms with Crippen molar-refractivity contribution < 1.29 is 17.6 Å². The first-order chi connectivity index (χ1) is 12.9. The van der Waals surface area contributed by atoms with Crippen molar-refractivity contribution in [2.75, 3.05) is 5.32 Å². The average Bonchev–Trinajstić information content (AvgIpc) is 3.22. The van der Waals surface area contributed by atoms with Crippen LogP contribution in [0.2, 0.25) is 10.0 Å². The third-order valence-electron chi connectivity index (χ3n) is 4.15. The lowest BCUT2D eigenvalue weighted by molar-refractivity contribution is 0.116. The molecule has 1 aromatic carbocycles. The van der Waals surface area contributed by atoms with Crippen LogP contribution in [-0.2, 0) is 5.54 Å². The van der Waals surface area contributed by atoms with E-state index in [0.717, 1.165) is 0 Å².